The summed E-state index contributed by atoms with van der Waals surface area (Å²) in [5.74, 6) is -1.68. The lowest BCUT2D eigenvalue weighted by molar-refractivity contribution is -0.222. The Morgan fingerprint density at radius 2 is 1.71 bits per heavy atom. The molecule has 1 N–H and O–H groups in total. The average molecular weight is 346 g/mol. The standard InChI is InChI=1S/C17H30O7/c1-7-16(5,8-2)14(18)21-10-11-22-15(19)23-12-13(4)24-17(6,20)9-3/h7,13,20H,1,8-12H2,2-6H3. The molecule has 0 heterocycles. The Labute approximate surface area is 143 Å². The molecule has 0 aliphatic heterocycles. The summed E-state index contributed by atoms with van der Waals surface area (Å²) in [5.41, 5.74) is -0.747. The largest absolute Gasteiger partial charge is 0.508 e. The van der Waals surface area contributed by atoms with Crippen LogP contribution in [0.1, 0.15) is 47.5 Å². The fraction of sp³-hybridized carbons (Fsp3) is 0.765. The Bertz CT molecular complexity index is 419. The van der Waals surface area contributed by atoms with E-state index in [0.717, 1.165) is 0 Å². The Balaban J connectivity index is 3.96. The predicted octanol–water partition coefficient (Wildman–Crippen LogP) is 2.81. The van der Waals surface area contributed by atoms with E-state index in [-0.39, 0.29) is 19.8 Å². The topological polar surface area (TPSA) is 91.3 Å². The fourth-order valence-corrected chi connectivity index (χ4v) is 1.57. The van der Waals surface area contributed by atoms with Crippen LogP contribution in [0.2, 0.25) is 0 Å². The molecule has 3 atom stereocenters. The number of rotatable bonds is 11. The van der Waals surface area contributed by atoms with Crippen molar-refractivity contribution in [3.05, 3.63) is 12.7 Å². The number of hydrogen-bond donors (Lipinski definition) is 1. The van der Waals surface area contributed by atoms with Gasteiger partial charge in [0.2, 0.25) is 0 Å². The molecular formula is C17H30O7. The molecule has 7 nitrogen and oxygen atoms in total. The van der Waals surface area contributed by atoms with Crippen molar-refractivity contribution in [2.45, 2.75) is 59.4 Å². The Morgan fingerprint density at radius 3 is 2.21 bits per heavy atom. The first-order valence-corrected chi connectivity index (χ1v) is 8.10. The van der Waals surface area contributed by atoms with Crippen molar-refractivity contribution in [3.63, 3.8) is 0 Å². The zero-order valence-corrected chi connectivity index (χ0v) is 15.3. The number of carbonyl (C=O) groups excluding carboxylic acids is 2. The van der Waals surface area contributed by atoms with Crippen LogP contribution in [0, 0.1) is 5.41 Å². The lowest BCUT2D eigenvalue weighted by Gasteiger charge is -2.26. The molecule has 0 saturated carbocycles. The van der Waals surface area contributed by atoms with Gasteiger partial charge in [0, 0.05) is 0 Å². The SMILES string of the molecule is C=CC(C)(CC)C(=O)OCCOC(=O)OCC(C)OC(C)(O)CC. The first-order valence-electron chi connectivity index (χ1n) is 8.10. The van der Waals surface area contributed by atoms with Gasteiger partial charge in [-0.15, -0.1) is 6.58 Å². The van der Waals surface area contributed by atoms with E-state index in [1.807, 2.05) is 6.92 Å². The molecule has 3 unspecified atom stereocenters. The molecule has 0 rings (SSSR count). The van der Waals surface area contributed by atoms with Crippen LogP contribution in [0.4, 0.5) is 4.79 Å². The van der Waals surface area contributed by atoms with Crippen LogP contribution in [0.5, 0.6) is 0 Å². The smallest absolute Gasteiger partial charge is 0.461 e. The van der Waals surface area contributed by atoms with E-state index in [1.165, 1.54) is 13.0 Å². The molecule has 0 saturated heterocycles. The van der Waals surface area contributed by atoms with Crippen molar-refractivity contribution in [1.29, 1.82) is 0 Å². The monoisotopic (exact) mass is 346 g/mol. The molecule has 0 amide bonds. The molecule has 0 spiro atoms. The van der Waals surface area contributed by atoms with Crippen molar-refractivity contribution < 1.29 is 33.6 Å². The molecule has 24 heavy (non-hydrogen) atoms. The van der Waals surface area contributed by atoms with Crippen LogP contribution >= 0.6 is 0 Å². The van der Waals surface area contributed by atoms with Crippen LogP contribution < -0.4 is 0 Å². The summed E-state index contributed by atoms with van der Waals surface area (Å²) in [5, 5.41) is 9.74. The summed E-state index contributed by atoms with van der Waals surface area (Å²) < 4.78 is 20.0. The van der Waals surface area contributed by atoms with Crippen LogP contribution in [0.15, 0.2) is 12.7 Å². The minimum absolute atomic E-state index is 0.0564. The van der Waals surface area contributed by atoms with E-state index in [2.05, 4.69) is 6.58 Å². The van der Waals surface area contributed by atoms with E-state index >= 15 is 0 Å². The Kier molecular flexibility index (Phi) is 9.62. The molecule has 0 fully saturated rings. The molecule has 0 aromatic heterocycles. The van der Waals surface area contributed by atoms with E-state index in [1.54, 1.807) is 20.8 Å². The van der Waals surface area contributed by atoms with Crippen LogP contribution in [0.3, 0.4) is 0 Å². The van der Waals surface area contributed by atoms with Gasteiger partial charge in [-0.25, -0.2) is 4.79 Å². The third kappa shape index (κ3) is 8.31. The quantitative estimate of drug-likeness (QED) is 0.266. The number of carbonyl (C=O) groups is 2. The lowest BCUT2D eigenvalue weighted by atomic mass is 9.88. The van der Waals surface area contributed by atoms with Crippen LogP contribution in [-0.4, -0.2) is 48.9 Å². The van der Waals surface area contributed by atoms with E-state index in [9.17, 15) is 14.7 Å². The van der Waals surface area contributed by atoms with Crippen molar-refractivity contribution >= 4 is 12.1 Å². The summed E-state index contributed by atoms with van der Waals surface area (Å²) in [6.07, 6.45) is 1.14. The number of ether oxygens (including phenoxy) is 4. The average Bonchev–Trinajstić information content (AvgIpc) is 2.55. The molecule has 0 aromatic rings. The van der Waals surface area contributed by atoms with Crippen molar-refractivity contribution in [3.8, 4) is 0 Å². The lowest BCUT2D eigenvalue weighted by Crippen LogP contribution is -2.34. The van der Waals surface area contributed by atoms with Gasteiger partial charge in [-0.1, -0.05) is 19.9 Å². The van der Waals surface area contributed by atoms with E-state index < -0.39 is 29.4 Å². The van der Waals surface area contributed by atoms with Gasteiger partial charge in [-0.2, -0.15) is 0 Å². The highest BCUT2D eigenvalue weighted by molar-refractivity contribution is 5.78. The summed E-state index contributed by atoms with van der Waals surface area (Å²) >= 11 is 0. The predicted molar refractivity (Wildman–Crippen MR) is 88.3 cm³/mol. The highest BCUT2D eigenvalue weighted by atomic mass is 16.7. The second kappa shape index (κ2) is 10.3. The van der Waals surface area contributed by atoms with Gasteiger partial charge in [-0.3, -0.25) is 4.79 Å². The van der Waals surface area contributed by atoms with Gasteiger partial charge >= 0.3 is 12.1 Å². The zero-order chi connectivity index (χ0) is 18.8. The molecule has 0 bridgehead atoms. The molecular weight excluding hydrogens is 316 g/mol. The van der Waals surface area contributed by atoms with Gasteiger partial charge < -0.3 is 24.1 Å². The molecule has 0 aromatic carbocycles. The van der Waals surface area contributed by atoms with Crippen LogP contribution in [0.25, 0.3) is 0 Å². The van der Waals surface area contributed by atoms with Crippen molar-refractivity contribution in [2.24, 2.45) is 5.41 Å². The number of hydrogen-bond acceptors (Lipinski definition) is 7. The van der Waals surface area contributed by atoms with Gasteiger partial charge in [-0.05, 0) is 33.6 Å². The van der Waals surface area contributed by atoms with Gasteiger partial charge in [0.25, 0.3) is 0 Å². The zero-order valence-electron chi connectivity index (χ0n) is 15.3. The molecule has 0 aliphatic rings. The summed E-state index contributed by atoms with van der Waals surface area (Å²) in [6, 6.07) is 0. The second-order valence-electron chi connectivity index (χ2n) is 5.98. The highest BCUT2D eigenvalue weighted by Gasteiger charge is 2.29. The third-order valence-electron chi connectivity index (χ3n) is 3.73. The first kappa shape index (κ1) is 22.4. The van der Waals surface area contributed by atoms with Crippen LogP contribution in [-0.2, 0) is 23.7 Å². The number of aliphatic hydroxyl groups is 1. The van der Waals surface area contributed by atoms with Crippen molar-refractivity contribution in [2.75, 3.05) is 19.8 Å². The number of esters is 1. The van der Waals surface area contributed by atoms with Gasteiger partial charge in [0.1, 0.15) is 19.8 Å². The molecule has 140 valence electrons. The normalized spacial score (nSPS) is 17.1. The Morgan fingerprint density at radius 1 is 1.12 bits per heavy atom. The Hall–Kier alpha value is -1.60. The van der Waals surface area contributed by atoms with E-state index in [0.29, 0.717) is 12.8 Å². The van der Waals surface area contributed by atoms with Gasteiger partial charge in [0.15, 0.2) is 5.79 Å². The second-order valence-corrected chi connectivity index (χ2v) is 5.98. The van der Waals surface area contributed by atoms with Gasteiger partial charge in [0.05, 0.1) is 11.5 Å². The van der Waals surface area contributed by atoms with E-state index in [4.69, 9.17) is 18.9 Å². The summed E-state index contributed by atoms with van der Waals surface area (Å²) in [4.78, 5) is 23.3. The summed E-state index contributed by atoms with van der Waals surface area (Å²) in [7, 11) is 0. The van der Waals surface area contributed by atoms with Crippen molar-refractivity contribution in [1.82, 2.24) is 0 Å². The third-order valence-corrected chi connectivity index (χ3v) is 3.73. The fourth-order valence-electron chi connectivity index (χ4n) is 1.57. The maximum atomic E-state index is 11.8. The maximum Gasteiger partial charge on any atom is 0.508 e. The molecule has 7 heteroatoms. The maximum absolute atomic E-state index is 11.8. The highest BCUT2D eigenvalue weighted by Crippen LogP contribution is 2.23. The first-order chi connectivity index (χ1) is 11.1. The summed E-state index contributed by atoms with van der Waals surface area (Å²) in [6.45, 7) is 11.9. The molecule has 0 radical (unpaired) electrons. The minimum atomic E-state index is -1.27. The molecule has 0 aliphatic carbocycles. The minimum Gasteiger partial charge on any atom is -0.461 e.